The van der Waals surface area contributed by atoms with Crippen LogP contribution in [-0.4, -0.2) is 13.0 Å². The molecule has 6 heteroatoms. The minimum absolute atomic E-state index is 0.0697. The molecule has 1 aromatic heterocycles. The molecule has 0 bridgehead atoms. The quantitative estimate of drug-likeness (QED) is 0.784. The van der Waals surface area contributed by atoms with Crippen molar-refractivity contribution in [2.24, 2.45) is 0 Å². The molecule has 94 valence electrons. The molecule has 0 radical (unpaired) electrons. The van der Waals surface area contributed by atoms with Gasteiger partial charge in [0, 0.05) is 11.5 Å². The zero-order valence-electron chi connectivity index (χ0n) is 9.48. The molecule has 18 heavy (non-hydrogen) atoms. The van der Waals surface area contributed by atoms with Crippen molar-refractivity contribution < 1.29 is 4.79 Å². The standard InChI is InChI=1S/C12H10Br2N2OS/c1-16(9-3-2-7(13)6-8(9)15)12(17)10-4-5-11(14)18-10/h2-6H,15H2,1H3. The van der Waals surface area contributed by atoms with E-state index in [4.69, 9.17) is 5.73 Å². The van der Waals surface area contributed by atoms with Crippen molar-refractivity contribution in [2.45, 2.75) is 0 Å². The molecule has 0 aliphatic rings. The van der Waals surface area contributed by atoms with E-state index in [-0.39, 0.29) is 5.91 Å². The average molecular weight is 390 g/mol. The SMILES string of the molecule is CN(C(=O)c1ccc(Br)s1)c1ccc(Br)cc1N. The first kappa shape index (κ1) is 13.6. The molecule has 0 saturated heterocycles. The van der Waals surface area contributed by atoms with Crippen molar-refractivity contribution in [1.82, 2.24) is 0 Å². The Labute approximate surface area is 126 Å². The molecule has 0 fully saturated rings. The van der Waals surface area contributed by atoms with Crippen LogP contribution in [0.5, 0.6) is 0 Å². The fraction of sp³-hybridized carbons (Fsp3) is 0.0833. The highest BCUT2D eigenvalue weighted by Crippen LogP contribution is 2.29. The summed E-state index contributed by atoms with van der Waals surface area (Å²) in [5.41, 5.74) is 7.18. The summed E-state index contributed by atoms with van der Waals surface area (Å²) in [6, 6.07) is 9.11. The fourth-order valence-electron chi connectivity index (χ4n) is 1.53. The zero-order chi connectivity index (χ0) is 13.3. The molecule has 0 aliphatic carbocycles. The summed E-state index contributed by atoms with van der Waals surface area (Å²) < 4.78 is 1.83. The van der Waals surface area contributed by atoms with Gasteiger partial charge in [-0.05, 0) is 46.3 Å². The Kier molecular flexibility index (Phi) is 4.09. The number of nitrogens with zero attached hydrogens (tertiary/aromatic N) is 1. The molecule has 2 rings (SSSR count). The second-order valence-electron chi connectivity index (χ2n) is 3.67. The Hall–Kier alpha value is -0.850. The highest BCUT2D eigenvalue weighted by Gasteiger charge is 2.17. The number of carbonyl (C=O) groups is 1. The number of nitrogens with two attached hydrogens (primary N) is 1. The second-order valence-corrected chi connectivity index (χ2v) is 7.05. The van der Waals surface area contributed by atoms with Gasteiger partial charge < -0.3 is 10.6 Å². The summed E-state index contributed by atoms with van der Waals surface area (Å²) in [6.45, 7) is 0. The Morgan fingerprint density at radius 1 is 1.28 bits per heavy atom. The number of anilines is 2. The summed E-state index contributed by atoms with van der Waals surface area (Å²) in [5, 5.41) is 0. The summed E-state index contributed by atoms with van der Waals surface area (Å²) in [7, 11) is 1.72. The number of nitrogen functional groups attached to an aromatic ring is 1. The van der Waals surface area contributed by atoms with E-state index in [9.17, 15) is 4.79 Å². The third-order valence-electron chi connectivity index (χ3n) is 2.44. The molecular formula is C12H10Br2N2OS. The summed E-state index contributed by atoms with van der Waals surface area (Å²) in [4.78, 5) is 14.5. The fourth-order valence-corrected chi connectivity index (χ4v) is 3.28. The first-order valence-electron chi connectivity index (χ1n) is 5.07. The predicted molar refractivity (Wildman–Crippen MR) is 83.3 cm³/mol. The van der Waals surface area contributed by atoms with Gasteiger partial charge in [-0.25, -0.2) is 0 Å². The Balaban J connectivity index is 2.31. The molecule has 3 nitrogen and oxygen atoms in total. The minimum Gasteiger partial charge on any atom is -0.397 e. The Morgan fingerprint density at radius 2 is 2.00 bits per heavy atom. The smallest absolute Gasteiger partial charge is 0.268 e. The van der Waals surface area contributed by atoms with E-state index in [0.29, 0.717) is 16.3 Å². The number of hydrogen-bond donors (Lipinski definition) is 1. The van der Waals surface area contributed by atoms with E-state index in [1.807, 2.05) is 18.2 Å². The highest BCUT2D eigenvalue weighted by atomic mass is 79.9. The topological polar surface area (TPSA) is 46.3 Å². The van der Waals surface area contributed by atoms with E-state index >= 15 is 0 Å². The van der Waals surface area contributed by atoms with E-state index in [0.717, 1.165) is 8.26 Å². The molecule has 1 aromatic carbocycles. The van der Waals surface area contributed by atoms with Crippen LogP contribution in [-0.2, 0) is 0 Å². The van der Waals surface area contributed by atoms with Crippen LogP contribution in [0.15, 0.2) is 38.6 Å². The number of rotatable bonds is 2. The Morgan fingerprint density at radius 3 is 2.56 bits per heavy atom. The molecule has 0 unspecified atom stereocenters. The molecular weight excluding hydrogens is 380 g/mol. The van der Waals surface area contributed by atoms with Gasteiger partial charge in [-0.3, -0.25) is 4.79 Å². The van der Waals surface area contributed by atoms with E-state index in [1.165, 1.54) is 11.3 Å². The van der Waals surface area contributed by atoms with Gasteiger partial charge in [0.15, 0.2) is 0 Å². The van der Waals surface area contributed by atoms with Gasteiger partial charge in [0.1, 0.15) is 0 Å². The highest BCUT2D eigenvalue weighted by molar-refractivity contribution is 9.11. The van der Waals surface area contributed by atoms with E-state index < -0.39 is 0 Å². The van der Waals surface area contributed by atoms with Gasteiger partial charge in [-0.15, -0.1) is 11.3 Å². The zero-order valence-corrected chi connectivity index (χ0v) is 13.5. The average Bonchev–Trinajstić information content (AvgIpc) is 2.74. The van der Waals surface area contributed by atoms with Crippen LogP contribution >= 0.6 is 43.2 Å². The van der Waals surface area contributed by atoms with Crippen LogP contribution in [0.3, 0.4) is 0 Å². The number of benzene rings is 1. The lowest BCUT2D eigenvalue weighted by atomic mass is 10.2. The third kappa shape index (κ3) is 2.76. The minimum atomic E-state index is -0.0697. The molecule has 1 amide bonds. The summed E-state index contributed by atoms with van der Waals surface area (Å²) >= 11 is 8.09. The van der Waals surface area contributed by atoms with Gasteiger partial charge in [-0.1, -0.05) is 15.9 Å². The normalized spacial score (nSPS) is 10.4. The van der Waals surface area contributed by atoms with Gasteiger partial charge in [0.05, 0.1) is 20.0 Å². The predicted octanol–water partition coefficient (Wildman–Crippen LogP) is 4.13. The van der Waals surface area contributed by atoms with Crippen LogP contribution in [0.25, 0.3) is 0 Å². The van der Waals surface area contributed by atoms with Crippen molar-refractivity contribution in [1.29, 1.82) is 0 Å². The lowest BCUT2D eigenvalue weighted by molar-refractivity contribution is 0.0997. The molecule has 0 atom stereocenters. The lowest BCUT2D eigenvalue weighted by Crippen LogP contribution is -2.26. The van der Waals surface area contributed by atoms with Gasteiger partial charge in [0.2, 0.25) is 0 Å². The summed E-state index contributed by atoms with van der Waals surface area (Å²) in [5.74, 6) is -0.0697. The number of carbonyl (C=O) groups excluding carboxylic acids is 1. The second kappa shape index (κ2) is 5.42. The maximum atomic E-state index is 12.2. The van der Waals surface area contributed by atoms with Crippen LogP contribution < -0.4 is 10.6 Å². The van der Waals surface area contributed by atoms with Crippen LogP contribution in [0.4, 0.5) is 11.4 Å². The first-order valence-corrected chi connectivity index (χ1v) is 7.47. The number of amides is 1. The third-order valence-corrected chi connectivity index (χ3v) is 4.54. The van der Waals surface area contributed by atoms with Crippen LogP contribution in [0.2, 0.25) is 0 Å². The lowest BCUT2D eigenvalue weighted by Gasteiger charge is -2.18. The van der Waals surface area contributed by atoms with E-state index in [1.54, 1.807) is 24.1 Å². The summed E-state index contributed by atoms with van der Waals surface area (Å²) in [6.07, 6.45) is 0. The molecule has 1 heterocycles. The number of halogens is 2. The number of thiophene rings is 1. The van der Waals surface area contributed by atoms with Crippen molar-refractivity contribution in [3.8, 4) is 0 Å². The maximum Gasteiger partial charge on any atom is 0.268 e. The van der Waals surface area contributed by atoms with Crippen molar-refractivity contribution >= 4 is 60.5 Å². The van der Waals surface area contributed by atoms with Gasteiger partial charge >= 0.3 is 0 Å². The van der Waals surface area contributed by atoms with Crippen LogP contribution in [0.1, 0.15) is 9.67 Å². The van der Waals surface area contributed by atoms with Crippen molar-refractivity contribution in [2.75, 3.05) is 17.7 Å². The van der Waals surface area contributed by atoms with Crippen molar-refractivity contribution in [3.05, 3.63) is 43.5 Å². The van der Waals surface area contributed by atoms with Crippen molar-refractivity contribution in [3.63, 3.8) is 0 Å². The molecule has 2 aromatic rings. The van der Waals surface area contributed by atoms with Crippen LogP contribution in [0, 0.1) is 0 Å². The molecule has 0 saturated carbocycles. The van der Waals surface area contributed by atoms with Gasteiger partial charge in [-0.2, -0.15) is 0 Å². The maximum absolute atomic E-state index is 12.2. The largest absolute Gasteiger partial charge is 0.397 e. The van der Waals surface area contributed by atoms with E-state index in [2.05, 4.69) is 31.9 Å². The molecule has 0 aliphatic heterocycles. The van der Waals surface area contributed by atoms with Gasteiger partial charge in [0.25, 0.3) is 5.91 Å². The molecule has 2 N–H and O–H groups in total. The Bertz CT molecular complexity index is 598. The monoisotopic (exact) mass is 388 g/mol. The first-order chi connectivity index (χ1) is 8.49. The number of hydrogen-bond acceptors (Lipinski definition) is 3. The molecule has 0 spiro atoms.